The molecule has 0 radical (unpaired) electrons. The number of anilines is 1. The zero-order valence-electron chi connectivity index (χ0n) is 17.7. The van der Waals surface area contributed by atoms with Crippen LogP contribution in [0, 0.1) is 12.7 Å². The van der Waals surface area contributed by atoms with Crippen LogP contribution >= 0.6 is 0 Å². The summed E-state index contributed by atoms with van der Waals surface area (Å²) in [6.07, 6.45) is 2.54. The fraction of sp³-hybridized carbons (Fsp3) is 0.522. The minimum atomic E-state index is -0.213. The Labute approximate surface area is 176 Å². The van der Waals surface area contributed by atoms with Gasteiger partial charge in [-0.25, -0.2) is 14.4 Å². The number of nitrogens with one attached hydrogen (secondary N) is 1. The molecule has 0 aliphatic carbocycles. The van der Waals surface area contributed by atoms with Crippen LogP contribution in [-0.2, 0) is 14.9 Å². The third-order valence-electron chi connectivity index (χ3n) is 6.37. The number of hydrogen-bond donors (Lipinski definition) is 1. The van der Waals surface area contributed by atoms with E-state index in [1.54, 1.807) is 19.1 Å². The number of hydrogen-bond acceptors (Lipinski definition) is 5. The van der Waals surface area contributed by atoms with Crippen molar-refractivity contribution in [3.05, 3.63) is 53.2 Å². The highest BCUT2D eigenvalue weighted by atomic mass is 19.1. The highest BCUT2D eigenvalue weighted by Crippen LogP contribution is 2.35. The molecule has 2 aliphatic heterocycles. The first-order valence-corrected chi connectivity index (χ1v) is 10.6. The number of carbonyl (C=O) groups excluding carboxylic acids is 1. The summed E-state index contributed by atoms with van der Waals surface area (Å²) in [7, 11) is 0. The van der Waals surface area contributed by atoms with Crippen molar-refractivity contribution in [2.75, 3.05) is 38.2 Å². The second kappa shape index (κ2) is 8.68. The largest absolute Gasteiger partial charge is 0.381 e. The van der Waals surface area contributed by atoms with E-state index in [0.29, 0.717) is 26.3 Å². The van der Waals surface area contributed by atoms with Gasteiger partial charge in [0.1, 0.15) is 17.5 Å². The van der Waals surface area contributed by atoms with Gasteiger partial charge in [-0.3, -0.25) is 4.79 Å². The molecule has 1 aromatic heterocycles. The average Bonchev–Trinajstić information content (AvgIpc) is 3.23. The first-order chi connectivity index (χ1) is 14.4. The maximum atomic E-state index is 13.9. The first-order valence-electron chi connectivity index (χ1n) is 10.6. The van der Waals surface area contributed by atoms with Crippen molar-refractivity contribution < 1.29 is 13.9 Å². The van der Waals surface area contributed by atoms with Gasteiger partial charge >= 0.3 is 0 Å². The predicted octanol–water partition coefficient (Wildman–Crippen LogP) is 3.42. The Morgan fingerprint density at radius 1 is 1.30 bits per heavy atom. The molecule has 2 aliphatic rings. The van der Waals surface area contributed by atoms with Crippen molar-refractivity contribution in [2.24, 2.45) is 0 Å². The number of likely N-dealkylation sites (tertiary alicyclic amines) is 1. The highest BCUT2D eigenvalue weighted by Gasteiger charge is 2.35. The molecule has 0 saturated carbocycles. The van der Waals surface area contributed by atoms with E-state index in [1.807, 2.05) is 24.0 Å². The number of halogens is 1. The van der Waals surface area contributed by atoms with E-state index in [-0.39, 0.29) is 23.1 Å². The first kappa shape index (κ1) is 20.7. The van der Waals surface area contributed by atoms with Crippen LogP contribution in [0.3, 0.4) is 0 Å². The summed E-state index contributed by atoms with van der Waals surface area (Å²) in [5, 5.41) is 3.50. The van der Waals surface area contributed by atoms with Gasteiger partial charge in [0.05, 0.1) is 0 Å². The molecule has 0 unspecified atom stereocenters. The monoisotopic (exact) mass is 412 g/mol. The van der Waals surface area contributed by atoms with Crippen molar-refractivity contribution >= 4 is 11.7 Å². The fourth-order valence-electron chi connectivity index (χ4n) is 4.53. The number of nitrogens with zero attached hydrogens (tertiary/aromatic N) is 3. The molecular formula is C23H29FN4O2. The predicted molar refractivity (Wildman–Crippen MR) is 113 cm³/mol. The average molecular weight is 413 g/mol. The molecule has 2 aromatic rings. The standard InChI is InChI=1S/C23H29FN4O2/c1-16-12-21(27-22(26-16)18-6-9-28(14-18)17(2)29)25-15-23(7-10-30-11-8-23)19-4-3-5-20(24)13-19/h3-5,12-13,18H,6-11,14-15H2,1-2H3,(H,25,26,27)/t18-/m0/s1. The summed E-state index contributed by atoms with van der Waals surface area (Å²) in [5.74, 6) is 1.61. The van der Waals surface area contributed by atoms with Crippen LogP contribution in [0.15, 0.2) is 30.3 Å². The lowest BCUT2D eigenvalue weighted by molar-refractivity contribution is -0.127. The van der Waals surface area contributed by atoms with Crippen LogP contribution < -0.4 is 5.32 Å². The lowest BCUT2D eigenvalue weighted by atomic mass is 9.74. The lowest BCUT2D eigenvalue weighted by Gasteiger charge is -2.38. The molecule has 3 heterocycles. The number of aryl methyl sites for hydroxylation is 1. The van der Waals surface area contributed by atoms with Gasteiger partial charge in [-0.15, -0.1) is 0 Å². The summed E-state index contributed by atoms with van der Waals surface area (Å²) in [6.45, 7) is 6.97. The Morgan fingerprint density at radius 3 is 2.80 bits per heavy atom. The van der Waals surface area contributed by atoms with Gasteiger partial charge in [0.25, 0.3) is 0 Å². The molecule has 0 spiro atoms. The number of rotatable bonds is 5. The van der Waals surface area contributed by atoms with Crippen LogP contribution in [0.1, 0.15) is 49.2 Å². The zero-order valence-corrected chi connectivity index (χ0v) is 17.7. The van der Waals surface area contributed by atoms with E-state index in [1.165, 1.54) is 6.07 Å². The molecule has 6 nitrogen and oxygen atoms in total. The molecule has 7 heteroatoms. The third kappa shape index (κ3) is 4.46. The summed E-state index contributed by atoms with van der Waals surface area (Å²) in [4.78, 5) is 22.9. The van der Waals surface area contributed by atoms with E-state index < -0.39 is 0 Å². The number of ether oxygens (including phenoxy) is 1. The SMILES string of the molecule is CC(=O)N1CC[C@H](c2nc(C)cc(NCC3(c4cccc(F)c4)CCOCC3)n2)C1. The molecule has 1 amide bonds. The summed E-state index contributed by atoms with van der Waals surface area (Å²) >= 11 is 0. The van der Waals surface area contributed by atoms with Gasteiger partial charge in [0, 0.05) is 62.9 Å². The van der Waals surface area contributed by atoms with E-state index in [2.05, 4.69) is 10.3 Å². The number of amides is 1. The number of aromatic nitrogens is 2. The van der Waals surface area contributed by atoms with Crippen LogP contribution in [0.2, 0.25) is 0 Å². The Morgan fingerprint density at radius 2 is 2.10 bits per heavy atom. The van der Waals surface area contributed by atoms with Gasteiger partial charge in [-0.2, -0.15) is 0 Å². The molecule has 0 bridgehead atoms. The Kier molecular flexibility index (Phi) is 5.99. The third-order valence-corrected chi connectivity index (χ3v) is 6.37. The van der Waals surface area contributed by atoms with Crippen molar-refractivity contribution in [3.8, 4) is 0 Å². The van der Waals surface area contributed by atoms with Crippen molar-refractivity contribution in [2.45, 2.75) is 44.4 Å². The number of carbonyl (C=O) groups is 1. The van der Waals surface area contributed by atoms with E-state index in [9.17, 15) is 9.18 Å². The summed E-state index contributed by atoms with van der Waals surface area (Å²) in [6, 6.07) is 8.84. The second-order valence-corrected chi connectivity index (χ2v) is 8.46. The molecule has 4 rings (SSSR count). The molecular weight excluding hydrogens is 383 g/mol. The highest BCUT2D eigenvalue weighted by molar-refractivity contribution is 5.73. The Balaban J connectivity index is 1.53. The number of benzene rings is 1. The smallest absolute Gasteiger partial charge is 0.219 e. The molecule has 2 saturated heterocycles. The molecule has 1 atom stereocenters. The van der Waals surface area contributed by atoms with Crippen LogP contribution in [0.5, 0.6) is 0 Å². The Bertz CT molecular complexity index is 914. The molecule has 1 N–H and O–H groups in total. The van der Waals surface area contributed by atoms with Gasteiger partial charge in [-0.1, -0.05) is 12.1 Å². The van der Waals surface area contributed by atoms with Crippen LogP contribution in [0.4, 0.5) is 10.2 Å². The Hall–Kier alpha value is -2.54. The van der Waals surface area contributed by atoms with E-state index >= 15 is 0 Å². The zero-order chi connectivity index (χ0) is 21.1. The topological polar surface area (TPSA) is 67.4 Å². The minimum Gasteiger partial charge on any atom is -0.381 e. The van der Waals surface area contributed by atoms with Crippen molar-refractivity contribution in [1.82, 2.24) is 14.9 Å². The normalized spacial score (nSPS) is 20.9. The van der Waals surface area contributed by atoms with E-state index in [4.69, 9.17) is 9.72 Å². The van der Waals surface area contributed by atoms with Gasteiger partial charge in [0.15, 0.2) is 0 Å². The van der Waals surface area contributed by atoms with Crippen molar-refractivity contribution in [3.63, 3.8) is 0 Å². The maximum Gasteiger partial charge on any atom is 0.219 e. The summed E-state index contributed by atoms with van der Waals surface area (Å²) in [5.41, 5.74) is 1.70. The minimum absolute atomic E-state index is 0.0973. The maximum absolute atomic E-state index is 13.9. The molecule has 1 aromatic carbocycles. The van der Waals surface area contributed by atoms with Crippen LogP contribution in [-0.4, -0.2) is 53.6 Å². The van der Waals surface area contributed by atoms with Gasteiger partial charge in [0.2, 0.25) is 5.91 Å². The van der Waals surface area contributed by atoms with Gasteiger partial charge < -0.3 is 15.0 Å². The summed E-state index contributed by atoms with van der Waals surface area (Å²) < 4.78 is 19.5. The van der Waals surface area contributed by atoms with E-state index in [0.717, 1.165) is 48.7 Å². The fourth-order valence-corrected chi connectivity index (χ4v) is 4.53. The molecule has 2 fully saturated rings. The van der Waals surface area contributed by atoms with Gasteiger partial charge in [-0.05, 0) is 43.9 Å². The van der Waals surface area contributed by atoms with Crippen LogP contribution in [0.25, 0.3) is 0 Å². The molecule has 30 heavy (non-hydrogen) atoms. The molecule has 160 valence electrons. The quantitative estimate of drug-likeness (QED) is 0.815. The second-order valence-electron chi connectivity index (χ2n) is 8.46. The van der Waals surface area contributed by atoms with Crippen molar-refractivity contribution in [1.29, 1.82) is 0 Å². The lowest BCUT2D eigenvalue weighted by Crippen LogP contribution is -2.40.